The van der Waals surface area contributed by atoms with Crippen LogP contribution in [0.1, 0.15) is 55.0 Å². The summed E-state index contributed by atoms with van der Waals surface area (Å²) in [5, 5.41) is 12.0. The van der Waals surface area contributed by atoms with Crippen molar-refractivity contribution in [2.45, 2.75) is 44.4 Å². The average Bonchev–Trinajstić information content (AvgIpc) is 2.83. The molecule has 2 aromatic carbocycles. The summed E-state index contributed by atoms with van der Waals surface area (Å²) >= 11 is 0. The van der Waals surface area contributed by atoms with Gasteiger partial charge in [-0.2, -0.15) is 18.4 Å². The number of aromatic nitrogens is 2. The Hall–Kier alpha value is -4.07. The van der Waals surface area contributed by atoms with Gasteiger partial charge in [-0.05, 0) is 61.2 Å². The Morgan fingerprint density at radius 1 is 1.03 bits per heavy atom. The molecule has 0 fully saturated rings. The van der Waals surface area contributed by atoms with Crippen LogP contribution in [0.5, 0.6) is 5.88 Å². The van der Waals surface area contributed by atoms with Gasteiger partial charge in [0.15, 0.2) is 11.3 Å². The van der Waals surface area contributed by atoms with Crippen molar-refractivity contribution in [2.75, 3.05) is 6.54 Å². The number of carbonyl (C=O) groups excluding carboxylic acids is 1. The van der Waals surface area contributed by atoms with E-state index in [9.17, 15) is 32.0 Å². The van der Waals surface area contributed by atoms with E-state index in [0.29, 0.717) is 23.5 Å². The number of benzene rings is 2. The number of nitriles is 1. The van der Waals surface area contributed by atoms with Crippen molar-refractivity contribution in [3.63, 3.8) is 0 Å². The van der Waals surface area contributed by atoms with Crippen molar-refractivity contribution >= 4 is 5.91 Å². The maximum atomic E-state index is 14.2. The lowest BCUT2D eigenvalue weighted by Gasteiger charge is -2.29. The van der Waals surface area contributed by atoms with E-state index >= 15 is 0 Å². The van der Waals surface area contributed by atoms with Crippen molar-refractivity contribution in [1.29, 1.82) is 5.26 Å². The topological polar surface area (TPSA) is 87.9 Å². The van der Waals surface area contributed by atoms with E-state index in [1.165, 1.54) is 38.1 Å². The lowest BCUT2D eigenvalue weighted by Crippen LogP contribution is -2.48. The molecule has 6 nitrogen and oxygen atoms in total. The normalized spacial score (nSPS) is 13.4. The number of nitrogens with one attached hydrogen (secondary N) is 1. The van der Waals surface area contributed by atoms with E-state index in [0.717, 1.165) is 6.07 Å². The highest BCUT2D eigenvalue weighted by atomic mass is 19.4. The molecule has 1 aromatic heterocycles. The van der Waals surface area contributed by atoms with Crippen molar-refractivity contribution in [3.05, 3.63) is 88.9 Å². The lowest BCUT2D eigenvalue weighted by atomic mass is 9.82. The van der Waals surface area contributed by atoms with Crippen LogP contribution in [0.2, 0.25) is 0 Å². The lowest BCUT2D eigenvalue weighted by molar-refractivity contribution is -0.141. The SMILES string of the molecule is CC(c1ccc(F)cc1)C(CNC(=O)C(C)(C)Oc1cc(C(F)(F)F)ncn1)c1cc(F)cc(C#N)c1. The number of halogens is 5. The average molecular weight is 518 g/mol. The van der Waals surface area contributed by atoms with Crippen LogP contribution in [0.15, 0.2) is 54.9 Å². The fourth-order valence-corrected chi connectivity index (χ4v) is 3.75. The first-order chi connectivity index (χ1) is 17.3. The third-order valence-electron chi connectivity index (χ3n) is 5.80. The fourth-order valence-electron chi connectivity index (χ4n) is 3.75. The monoisotopic (exact) mass is 518 g/mol. The number of ether oxygens (including phenoxy) is 1. The molecule has 37 heavy (non-hydrogen) atoms. The van der Waals surface area contributed by atoms with Gasteiger partial charge in [0, 0.05) is 18.5 Å². The molecule has 0 saturated carbocycles. The highest BCUT2D eigenvalue weighted by molar-refractivity contribution is 5.84. The number of alkyl halides is 3. The summed E-state index contributed by atoms with van der Waals surface area (Å²) in [5.41, 5.74) is -1.63. The predicted molar refractivity (Wildman–Crippen MR) is 123 cm³/mol. The molecule has 0 saturated heterocycles. The zero-order valence-corrected chi connectivity index (χ0v) is 20.1. The second-order valence-corrected chi connectivity index (χ2v) is 8.89. The molecule has 194 valence electrons. The molecule has 2 atom stereocenters. The van der Waals surface area contributed by atoms with Gasteiger partial charge in [0.1, 0.15) is 18.0 Å². The van der Waals surface area contributed by atoms with E-state index in [4.69, 9.17) is 4.74 Å². The first-order valence-electron chi connectivity index (χ1n) is 11.1. The van der Waals surface area contributed by atoms with Gasteiger partial charge < -0.3 is 10.1 Å². The molecule has 11 heteroatoms. The quantitative estimate of drug-likeness (QED) is 0.398. The number of rotatable bonds is 8. The molecule has 0 aliphatic rings. The van der Waals surface area contributed by atoms with Crippen LogP contribution >= 0.6 is 0 Å². The van der Waals surface area contributed by atoms with Gasteiger partial charge >= 0.3 is 6.18 Å². The molecular formula is C26H23F5N4O2. The number of hydrogen-bond donors (Lipinski definition) is 1. The van der Waals surface area contributed by atoms with Crippen LogP contribution in [0.4, 0.5) is 22.0 Å². The molecule has 1 heterocycles. The molecule has 3 rings (SSSR count). The second kappa shape index (κ2) is 10.9. The van der Waals surface area contributed by atoms with E-state index in [2.05, 4.69) is 15.3 Å². The fraction of sp³-hybridized carbons (Fsp3) is 0.308. The first-order valence-corrected chi connectivity index (χ1v) is 11.1. The summed E-state index contributed by atoms with van der Waals surface area (Å²) in [6, 6.07) is 12.0. The van der Waals surface area contributed by atoms with Crippen LogP contribution in [-0.4, -0.2) is 28.0 Å². The third kappa shape index (κ3) is 7.00. The Morgan fingerprint density at radius 2 is 1.70 bits per heavy atom. The van der Waals surface area contributed by atoms with Gasteiger partial charge in [-0.1, -0.05) is 19.1 Å². The summed E-state index contributed by atoms with van der Waals surface area (Å²) in [6.07, 6.45) is -4.03. The largest absolute Gasteiger partial charge is 0.461 e. The van der Waals surface area contributed by atoms with Crippen LogP contribution < -0.4 is 10.1 Å². The minimum atomic E-state index is -4.72. The Morgan fingerprint density at radius 3 is 2.32 bits per heavy atom. The van der Waals surface area contributed by atoms with Crippen LogP contribution in [0, 0.1) is 23.0 Å². The van der Waals surface area contributed by atoms with Gasteiger partial charge in [-0.3, -0.25) is 4.79 Å². The van der Waals surface area contributed by atoms with Crippen LogP contribution in [-0.2, 0) is 11.0 Å². The van der Waals surface area contributed by atoms with Gasteiger partial charge in [-0.25, -0.2) is 18.7 Å². The Labute approximate surface area is 210 Å². The molecular weight excluding hydrogens is 495 g/mol. The Kier molecular flexibility index (Phi) is 8.11. The second-order valence-electron chi connectivity index (χ2n) is 8.89. The van der Waals surface area contributed by atoms with Gasteiger partial charge in [0.2, 0.25) is 5.88 Å². The number of amides is 1. The zero-order chi connectivity index (χ0) is 27.4. The Balaban J connectivity index is 1.84. The van der Waals surface area contributed by atoms with Crippen molar-refractivity contribution in [1.82, 2.24) is 15.3 Å². The minimum Gasteiger partial charge on any atom is -0.461 e. The molecule has 1 N–H and O–H groups in total. The first kappa shape index (κ1) is 27.5. The summed E-state index contributed by atoms with van der Waals surface area (Å²) in [4.78, 5) is 19.8. The predicted octanol–water partition coefficient (Wildman–Crippen LogP) is 5.51. The maximum absolute atomic E-state index is 14.2. The number of nitrogens with zero attached hydrogens (tertiary/aromatic N) is 3. The standard InChI is InChI=1S/C26H23F5N4O2/c1-15(17-4-6-19(27)7-5-17)21(18-8-16(12-32)9-20(28)10-18)13-33-24(36)25(2,3)37-23-11-22(26(29,30)31)34-14-35-23/h4-11,14-15,21H,13H2,1-3H3,(H,33,36). The van der Waals surface area contributed by atoms with Crippen LogP contribution in [0.3, 0.4) is 0 Å². The highest BCUT2D eigenvalue weighted by Gasteiger charge is 2.35. The van der Waals surface area contributed by atoms with Crippen molar-refractivity contribution < 1.29 is 31.5 Å². The summed E-state index contributed by atoms with van der Waals surface area (Å²) in [6.45, 7) is 4.47. The Bertz CT molecular complexity index is 1300. The van der Waals surface area contributed by atoms with Crippen LogP contribution in [0.25, 0.3) is 0 Å². The molecule has 2 unspecified atom stereocenters. The van der Waals surface area contributed by atoms with Gasteiger partial charge in [0.25, 0.3) is 5.91 Å². The molecule has 0 bridgehead atoms. The molecule has 3 aromatic rings. The molecule has 0 aliphatic carbocycles. The minimum absolute atomic E-state index is 0.0456. The van der Waals surface area contributed by atoms with Crippen molar-refractivity contribution in [3.8, 4) is 11.9 Å². The van der Waals surface area contributed by atoms with Gasteiger partial charge in [0.05, 0.1) is 11.6 Å². The van der Waals surface area contributed by atoms with Crippen molar-refractivity contribution in [2.24, 2.45) is 0 Å². The summed E-state index contributed by atoms with van der Waals surface area (Å²) in [7, 11) is 0. The smallest absolute Gasteiger partial charge is 0.433 e. The molecule has 0 aliphatic heterocycles. The number of carbonyl (C=O) groups is 1. The van der Waals surface area contributed by atoms with E-state index in [-0.39, 0.29) is 18.0 Å². The van der Waals surface area contributed by atoms with Gasteiger partial charge in [-0.15, -0.1) is 0 Å². The summed E-state index contributed by atoms with van der Waals surface area (Å²) < 4.78 is 72.0. The van der Waals surface area contributed by atoms with E-state index in [1.807, 2.05) is 13.0 Å². The number of hydrogen-bond acceptors (Lipinski definition) is 5. The third-order valence-corrected chi connectivity index (χ3v) is 5.80. The molecule has 1 amide bonds. The maximum Gasteiger partial charge on any atom is 0.433 e. The molecule has 0 radical (unpaired) electrons. The van der Waals surface area contributed by atoms with E-state index in [1.54, 1.807) is 12.1 Å². The van der Waals surface area contributed by atoms with E-state index < -0.39 is 46.8 Å². The molecule has 0 spiro atoms. The highest BCUT2D eigenvalue weighted by Crippen LogP contribution is 2.34. The zero-order valence-electron chi connectivity index (χ0n) is 20.1. The summed E-state index contributed by atoms with van der Waals surface area (Å²) in [5.74, 6) is -3.09.